The number of carbonyl (C=O) groups is 1. The third-order valence-electron chi connectivity index (χ3n) is 4.60. The van der Waals surface area contributed by atoms with Gasteiger partial charge in [0.1, 0.15) is 17.0 Å². The van der Waals surface area contributed by atoms with Gasteiger partial charge in [-0.2, -0.15) is 5.10 Å². The van der Waals surface area contributed by atoms with Gasteiger partial charge < -0.3 is 5.32 Å². The summed E-state index contributed by atoms with van der Waals surface area (Å²) in [4.78, 5) is 21.0. The fourth-order valence-electron chi connectivity index (χ4n) is 2.92. The number of thiazole rings is 1. The lowest BCUT2D eigenvalue weighted by Gasteiger charge is -2.15. The lowest BCUT2D eigenvalue weighted by atomic mass is 10.1. The number of rotatable bonds is 7. The minimum Gasteiger partial charge on any atom is -0.346 e. The van der Waals surface area contributed by atoms with E-state index in [0.717, 1.165) is 27.0 Å². The first kappa shape index (κ1) is 20.3. The van der Waals surface area contributed by atoms with E-state index >= 15 is 0 Å². The number of aryl methyl sites for hydroxylation is 1. The van der Waals surface area contributed by atoms with Crippen LogP contribution in [0.25, 0.3) is 5.69 Å². The summed E-state index contributed by atoms with van der Waals surface area (Å²) in [6.07, 6.45) is 3.15. The van der Waals surface area contributed by atoms with Crippen LogP contribution in [0.5, 0.6) is 0 Å². The van der Waals surface area contributed by atoms with E-state index in [-0.39, 0.29) is 11.9 Å². The lowest BCUT2D eigenvalue weighted by molar-refractivity contribution is 0.0940. The van der Waals surface area contributed by atoms with Gasteiger partial charge in [-0.15, -0.1) is 11.3 Å². The molecule has 2 aromatic heterocycles. The predicted molar refractivity (Wildman–Crippen MR) is 120 cm³/mol. The highest BCUT2D eigenvalue weighted by atomic mass is 32.2. The van der Waals surface area contributed by atoms with Crippen molar-refractivity contribution in [2.24, 2.45) is 0 Å². The third-order valence-corrected chi connectivity index (χ3v) is 6.81. The van der Waals surface area contributed by atoms with Gasteiger partial charge in [-0.1, -0.05) is 36.0 Å². The van der Waals surface area contributed by atoms with Gasteiger partial charge in [0, 0.05) is 22.4 Å². The molecule has 8 heteroatoms. The first-order chi connectivity index (χ1) is 14.6. The third kappa shape index (κ3) is 4.95. The molecule has 0 aliphatic rings. The number of thioether (sulfide) groups is 1. The highest BCUT2D eigenvalue weighted by Gasteiger charge is 2.12. The SMILES string of the molecule is Cc1csc(SCc2ccc(C(=O)NC(C)c3ccc(-n4cncn4)cc3)cc2)n1. The Bertz CT molecular complexity index is 1110. The molecule has 6 nitrogen and oxygen atoms in total. The number of hydrogen-bond donors (Lipinski definition) is 1. The molecule has 0 spiro atoms. The van der Waals surface area contributed by atoms with Crippen LogP contribution < -0.4 is 5.32 Å². The number of hydrogen-bond acceptors (Lipinski definition) is 6. The van der Waals surface area contributed by atoms with E-state index in [9.17, 15) is 4.79 Å². The van der Waals surface area contributed by atoms with Crippen molar-refractivity contribution < 1.29 is 4.79 Å². The Kier molecular flexibility index (Phi) is 6.25. The Hall–Kier alpha value is -2.97. The molecule has 4 rings (SSSR count). The maximum Gasteiger partial charge on any atom is 0.251 e. The monoisotopic (exact) mass is 435 g/mol. The quantitative estimate of drug-likeness (QED) is 0.422. The average molecular weight is 436 g/mol. The van der Waals surface area contributed by atoms with Gasteiger partial charge >= 0.3 is 0 Å². The fraction of sp³-hybridized carbons (Fsp3) is 0.182. The second-order valence-electron chi connectivity index (χ2n) is 6.87. The van der Waals surface area contributed by atoms with E-state index in [4.69, 9.17) is 0 Å². The summed E-state index contributed by atoms with van der Waals surface area (Å²) in [5.41, 5.74) is 4.83. The molecule has 2 aromatic carbocycles. The van der Waals surface area contributed by atoms with Crippen molar-refractivity contribution in [3.63, 3.8) is 0 Å². The Balaban J connectivity index is 1.33. The van der Waals surface area contributed by atoms with E-state index in [1.54, 1.807) is 34.1 Å². The van der Waals surface area contributed by atoms with Crippen molar-refractivity contribution in [1.82, 2.24) is 25.1 Å². The van der Waals surface area contributed by atoms with Crippen LogP contribution in [0.2, 0.25) is 0 Å². The van der Waals surface area contributed by atoms with E-state index in [1.165, 1.54) is 11.9 Å². The van der Waals surface area contributed by atoms with Crippen LogP contribution in [-0.2, 0) is 5.75 Å². The highest BCUT2D eigenvalue weighted by molar-refractivity contribution is 8.00. The normalized spacial score (nSPS) is 11.9. The second kappa shape index (κ2) is 9.23. The summed E-state index contributed by atoms with van der Waals surface area (Å²) >= 11 is 3.37. The molecule has 1 atom stereocenters. The molecular formula is C22H21N5OS2. The molecule has 152 valence electrons. The number of amides is 1. The number of carbonyl (C=O) groups excluding carboxylic acids is 1. The van der Waals surface area contributed by atoms with Gasteiger partial charge in [0.05, 0.1) is 11.7 Å². The summed E-state index contributed by atoms with van der Waals surface area (Å²) in [7, 11) is 0. The number of nitrogens with zero attached hydrogens (tertiary/aromatic N) is 4. The summed E-state index contributed by atoms with van der Waals surface area (Å²) in [6.45, 7) is 3.98. The van der Waals surface area contributed by atoms with E-state index in [1.807, 2.05) is 62.4 Å². The molecule has 4 aromatic rings. The summed E-state index contributed by atoms with van der Waals surface area (Å²) in [5, 5.41) is 9.23. The molecule has 0 fully saturated rings. The standard InChI is InChI=1S/C22H21N5OS2/c1-15-11-29-22(25-15)30-12-17-3-5-19(6-4-17)21(28)26-16(2)18-7-9-20(10-8-18)27-14-23-13-24-27/h3-11,13-14,16H,12H2,1-2H3,(H,26,28). The van der Waals surface area contributed by atoms with Crippen molar-refractivity contribution >= 4 is 29.0 Å². The molecule has 0 saturated heterocycles. The molecular weight excluding hydrogens is 414 g/mol. The smallest absolute Gasteiger partial charge is 0.251 e. The molecule has 0 saturated carbocycles. The minimum absolute atomic E-state index is 0.0856. The molecule has 1 N–H and O–H groups in total. The van der Waals surface area contributed by atoms with Crippen LogP contribution in [0.15, 0.2) is 70.9 Å². The topological polar surface area (TPSA) is 72.7 Å². The molecule has 0 radical (unpaired) electrons. The Morgan fingerprint density at radius 2 is 1.93 bits per heavy atom. The van der Waals surface area contributed by atoms with Gasteiger partial charge in [0.2, 0.25) is 0 Å². The van der Waals surface area contributed by atoms with Crippen LogP contribution >= 0.6 is 23.1 Å². The van der Waals surface area contributed by atoms with Gasteiger partial charge in [-0.05, 0) is 49.2 Å². The van der Waals surface area contributed by atoms with Crippen molar-refractivity contribution in [1.29, 1.82) is 0 Å². The fourth-order valence-corrected chi connectivity index (χ4v) is 4.72. The zero-order valence-corrected chi connectivity index (χ0v) is 18.3. The Morgan fingerprint density at radius 1 is 1.17 bits per heavy atom. The number of aromatic nitrogens is 4. The van der Waals surface area contributed by atoms with Gasteiger partial charge in [-0.25, -0.2) is 14.6 Å². The first-order valence-corrected chi connectivity index (χ1v) is 11.3. The second-order valence-corrected chi connectivity index (χ2v) is 8.95. The zero-order valence-electron chi connectivity index (χ0n) is 16.6. The molecule has 1 amide bonds. The summed E-state index contributed by atoms with van der Waals surface area (Å²) < 4.78 is 2.76. The molecule has 30 heavy (non-hydrogen) atoms. The van der Waals surface area contributed by atoms with Crippen molar-refractivity contribution in [2.75, 3.05) is 0 Å². The maximum atomic E-state index is 12.6. The average Bonchev–Trinajstić information content (AvgIpc) is 3.44. The molecule has 0 aliphatic carbocycles. The Morgan fingerprint density at radius 3 is 2.57 bits per heavy atom. The first-order valence-electron chi connectivity index (χ1n) is 9.48. The minimum atomic E-state index is -0.106. The molecule has 1 unspecified atom stereocenters. The maximum absolute atomic E-state index is 12.6. The number of nitrogens with one attached hydrogen (secondary N) is 1. The van der Waals surface area contributed by atoms with Crippen LogP contribution in [0, 0.1) is 6.92 Å². The Labute approximate surface area is 183 Å². The highest BCUT2D eigenvalue weighted by Crippen LogP contribution is 2.26. The van der Waals surface area contributed by atoms with Crippen LogP contribution in [0.4, 0.5) is 0 Å². The zero-order chi connectivity index (χ0) is 20.9. The molecule has 0 bridgehead atoms. The van der Waals surface area contributed by atoms with E-state index < -0.39 is 0 Å². The van der Waals surface area contributed by atoms with Gasteiger partial charge in [-0.3, -0.25) is 4.79 Å². The van der Waals surface area contributed by atoms with Gasteiger partial charge in [0.15, 0.2) is 0 Å². The van der Waals surface area contributed by atoms with Crippen molar-refractivity contribution in [3.05, 3.63) is 88.9 Å². The van der Waals surface area contributed by atoms with Crippen LogP contribution in [0.1, 0.15) is 40.1 Å². The van der Waals surface area contributed by atoms with Crippen molar-refractivity contribution in [2.45, 2.75) is 30.0 Å². The summed E-state index contributed by atoms with van der Waals surface area (Å²) in [6, 6.07) is 15.5. The summed E-state index contributed by atoms with van der Waals surface area (Å²) in [5.74, 6) is 0.751. The van der Waals surface area contributed by atoms with Crippen LogP contribution in [-0.4, -0.2) is 25.7 Å². The predicted octanol–water partition coefficient (Wildman–Crippen LogP) is 4.82. The largest absolute Gasteiger partial charge is 0.346 e. The van der Waals surface area contributed by atoms with Crippen LogP contribution in [0.3, 0.4) is 0 Å². The van der Waals surface area contributed by atoms with E-state index in [0.29, 0.717) is 5.56 Å². The lowest BCUT2D eigenvalue weighted by Crippen LogP contribution is -2.26. The van der Waals surface area contributed by atoms with Gasteiger partial charge in [0.25, 0.3) is 5.91 Å². The number of benzene rings is 2. The van der Waals surface area contributed by atoms with Crippen molar-refractivity contribution in [3.8, 4) is 5.69 Å². The molecule has 2 heterocycles. The van der Waals surface area contributed by atoms with E-state index in [2.05, 4.69) is 25.8 Å². The molecule has 0 aliphatic heterocycles.